The summed E-state index contributed by atoms with van der Waals surface area (Å²) in [7, 11) is 0. The second kappa shape index (κ2) is 14.7. The van der Waals surface area contributed by atoms with Crippen LogP contribution in [0.4, 0.5) is 11.5 Å². The van der Waals surface area contributed by atoms with Gasteiger partial charge in [-0.3, -0.25) is 0 Å². The van der Waals surface area contributed by atoms with Crippen molar-refractivity contribution in [1.82, 2.24) is 10.3 Å². The molecule has 9 heteroatoms. The van der Waals surface area contributed by atoms with Crippen molar-refractivity contribution in [2.45, 2.75) is 18.7 Å². The average Bonchev–Trinajstić information content (AvgIpc) is 2.91. The van der Waals surface area contributed by atoms with Crippen LogP contribution < -0.4 is 10.6 Å². The molecule has 0 aliphatic rings. The summed E-state index contributed by atoms with van der Waals surface area (Å²) in [5.41, 5.74) is 5.58. The van der Waals surface area contributed by atoms with Gasteiger partial charge in [0.15, 0.2) is 5.82 Å². The number of nitrogens with one attached hydrogen (secondary N) is 2. The van der Waals surface area contributed by atoms with E-state index in [1.807, 2.05) is 31.2 Å². The van der Waals surface area contributed by atoms with Crippen molar-refractivity contribution in [3.63, 3.8) is 0 Å². The molecule has 0 saturated carbocycles. The highest BCUT2D eigenvalue weighted by molar-refractivity contribution is 8.00. The van der Waals surface area contributed by atoms with Crippen molar-refractivity contribution in [3.05, 3.63) is 65.2 Å². The molecule has 0 aliphatic carbocycles. The van der Waals surface area contributed by atoms with Gasteiger partial charge in [-0.2, -0.15) is 0 Å². The third-order valence-electron chi connectivity index (χ3n) is 5.34. The maximum atomic E-state index is 10.8. The van der Waals surface area contributed by atoms with Gasteiger partial charge in [-0.1, -0.05) is 60.1 Å². The molecule has 0 saturated heterocycles. The van der Waals surface area contributed by atoms with Crippen LogP contribution in [0.1, 0.15) is 12.5 Å². The summed E-state index contributed by atoms with van der Waals surface area (Å²) in [5, 5.41) is 15.7. The largest absolute Gasteiger partial charge is 0.394 e. The minimum absolute atomic E-state index is 0.0474. The predicted molar refractivity (Wildman–Crippen MR) is 151 cm³/mol. The highest BCUT2D eigenvalue weighted by Crippen LogP contribution is 2.35. The molecule has 0 aliphatic heterocycles. The lowest BCUT2D eigenvalue weighted by atomic mass is 10.0. The number of pyridine rings is 1. The lowest BCUT2D eigenvalue weighted by Crippen LogP contribution is -2.19. The molecule has 3 N–H and O–H groups in total. The molecule has 3 rings (SSSR count). The van der Waals surface area contributed by atoms with Crippen LogP contribution in [0.5, 0.6) is 0 Å². The Balaban J connectivity index is 1.64. The van der Waals surface area contributed by atoms with Gasteiger partial charge in [0.1, 0.15) is 6.29 Å². The number of hydrogen-bond acceptors (Lipinski definition) is 8. The molecule has 1 heterocycles. The maximum absolute atomic E-state index is 10.8. The highest BCUT2D eigenvalue weighted by Gasteiger charge is 2.12. The zero-order valence-electron chi connectivity index (χ0n) is 20.2. The number of rotatable bonds is 15. The van der Waals surface area contributed by atoms with E-state index in [2.05, 4.69) is 51.6 Å². The topological polar surface area (TPSA) is 95.8 Å². The van der Waals surface area contributed by atoms with Gasteiger partial charge in [-0.05, 0) is 36.4 Å². The zero-order chi connectivity index (χ0) is 25.8. The van der Waals surface area contributed by atoms with Crippen LogP contribution in [-0.4, -0.2) is 60.6 Å². The number of benzene rings is 2. The normalized spacial score (nSPS) is 11.8. The number of nitrogens with zero attached hydrogens (tertiary/aromatic N) is 2. The Hall–Kier alpha value is -2.75. The highest BCUT2D eigenvalue weighted by atomic mass is 35.5. The molecule has 0 amide bonds. The smallest absolute Gasteiger partial charge is 0.175 e. The third kappa shape index (κ3) is 8.15. The Morgan fingerprint density at radius 1 is 1.14 bits per heavy atom. The first-order valence-corrected chi connectivity index (χ1v) is 13.1. The van der Waals surface area contributed by atoms with E-state index in [1.165, 1.54) is 17.3 Å². The van der Waals surface area contributed by atoms with E-state index < -0.39 is 0 Å². The summed E-state index contributed by atoms with van der Waals surface area (Å²) in [6, 6.07) is 18.3. The van der Waals surface area contributed by atoms with Gasteiger partial charge in [0.2, 0.25) is 0 Å². The summed E-state index contributed by atoms with van der Waals surface area (Å²) in [5.74, 6) is 0.990. The van der Waals surface area contributed by atoms with Crippen molar-refractivity contribution < 1.29 is 14.6 Å². The van der Waals surface area contributed by atoms with Crippen LogP contribution in [0.15, 0.2) is 59.6 Å². The molecule has 1 atom stereocenters. The fraction of sp³-hybridized carbons (Fsp3) is 0.296. The monoisotopic (exact) mass is 526 g/mol. The van der Waals surface area contributed by atoms with Crippen molar-refractivity contribution in [1.29, 1.82) is 0 Å². The van der Waals surface area contributed by atoms with E-state index >= 15 is 0 Å². The molecule has 0 radical (unpaired) electrons. The molecule has 1 unspecified atom stereocenters. The van der Waals surface area contributed by atoms with E-state index in [4.69, 9.17) is 21.4 Å². The van der Waals surface area contributed by atoms with Crippen LogP contribution in [0.25, 0.3) is 22.4 Å². The molecule has 0 fully saturated rings. The van der Waals surface area contributed by atoms with Crippen LogP contribution in [-0.2, 0) is 16.1 Å². The lowest BCUT2D eigenvalue weighted by molar-refractivity contribution is -0.107. The predicted octanol–water partition coefficient (Wildman–Crippen LogP) is 5.19. The fourth-order valence-electron chi connectivity index (χ4n) is 3.40. The number of aromatic nitrogens is 1. The number of aliphatic imine (C=N–C) groups is 1. The zero-order valence-corrected chi connectivity index (χ0v) is 21.8. The molecule has 0 bridgehead atoms. The number of aliphatic hydroxyl groups excluding tert-OH is 1. The summed E-state index contributed by atoms with van der Waals surface area (Å²) in [6.07, 6.45) is 0.905. The minimum Gasteiger partial charge on any atom is -0.394 e. The van der Waals surface area contributed by atoms with Crippen LogP contribution in [0.2, 0.25) is 5.02 Å². The number of aliphatic hydroxyl groups is 1. The fourth-order valence-corrected chi connectivity index (χ4v) is 4.24. The Morgan fingerprint density at radius 3 is 2.44 bits per heavy atom. The van der Waals surface area contributed by atoms with Gasteiger partial charge >= 0.3 is 0 Å². The van der Waals surface area contributed by atoms with E-state index in [-0.39, 0.29) is 11.9 Å². The summed E-state index contributed by atoms with van der Waals surface area (Å²) in [4.78, 5) is 19.5. The first-order chi connectivity index (χ1) is 17.5. The van der Waals surface area contributed by atoms with Gasteiger partial charge in [0.25, 0.3) is 0 Å². The second-order valence-corrected chi connectivity index (χ2v) is 9.74. The summed E-state index contributed by atoms with van der Waals surface area (Å²) >= 11 is 8.04. The first-order valence-electron chi connectivity index (χ1n) is 11.6. The van der Waals surface area contributed by atoms with Gasteiger partial charge in [-0.15, -0.1) is 11.8 Å². The van der Waals surface area contributed by atoms with Crippen molar-refractivity contribution in [2.24, 2.45) is 4.99 Å². The number of aldehydes is 1. The minimum atomic E-state index is -0.102. The Morgan fingerprint density at radius 2 is 1.81 bits per heavy atom. The van der Waals surface area contributed by atoms with Crippen LogP contribution >= 0.6 is 23.4 Å². The maximum Gasteiger partial charge on any atom is 0.175 e. The molecule has 36 heavy (non-hydrogen) atoms. The van der Waals surface area contributed by atoms with Gasteiger partial charge in [0, 0.05) is 18.7 Å². The molecule has 1 aromatic heterocycles. The molecular formula is C27H31ClN4O3S. The number of thioether (sulfide) groups is 1. The molecule has 2 aromatic carbocycles. The van der Waals surface area contributed by atoms with E-state index in [1.54, 1.807) is 6.07 Å². The standard InChI is InChI=1S/C27H31ClN4O3S/c1-19(17-34)36-18-31-25-15-24(28)26(32-27(25)29-2)23-9-7-22(8-10-23)21-5-3-20(4-6-21)16-30-11-13-35-14-12-33/h3-10,15,17,19,30-31,33H,2,11-14,16,18H2,1H3. The van der Waals surface area contributed by atoms with Crippen LogP contribution in [0.3, 0.4) is 0 Å². The summed E-state index contributed by atoms with van der Waals surface area (Å²) in [6.45, 7) is 7.96. The Kier molecular flexibility index (Phi) is 11.4. The Labute approximate surface area is 221 Å². The quantitative estimate of drug-likeness (QED) is 0.108. The number of anilines is 1. The Bertz CT molecular complexity index is 1130. The number of hydrogen-bond donors (Lipinski definition) is 3. The van der Waals surface area contributed by atoms with E-state index in [0.29, 0.717) is 41.3 Å². The molecular weight excluding hydrogens is 496 g/mol. The number of carbonyl (C=O) groups is 1. The second-order valence-electron chi connectivity index (χ2n) is 7.96. The molecule has 7 nitrogen and oxygen atoms in total. The first kappa shape index (κ1) is 27.8. The van der Waals surface area contributed by atoms with Gasteiger partial charge in [0.05, 0.1) is 47.4 Å². The average molecular weight is 527 g/mol. The van der Waals surface area contributed by atoms with Crippen LogP contribution in [0, 0.1) is 0 Å². The van der Waals surface area contributed by atoms with Gasteiger partial charge in [-0.25, -0.2) is 9.98 Å². The molecule has 0 spiro atoms. The lowest BCUT2D eigenvalue weighted by Gasteiger charge is -2.13. The van der Waals surface area contributed by atoms with Crippen molar-refractivity contribution in [3.8, 4) is 22.4 Å². The number of carbonyl (C=O) groups excluding carboxylic acids is 1. The molecule has 3 aromatic rings. The van der Waals surface area contributed by atoms with Crippen molar-refractivity contribution >= 4 is 47.9 Å². The van der Waals surface area contributed by atoms with Gasteiger partial charge < -0.3 is 25.3 Å². The molecule has 190 valence electrons. The number of halogens is 1. The third-order valence-corrected chi connectivity index (χ3v) is 6.58. The SMILES string of the molecule is C=Nc1nc(-c2ccc(-c3ccc(CNCCOCCO)cc3)cc2)c(Cl)cc1NCSC(C)C=O. The van der Waals surface area contributed by atoms with E-state index in [0.717, 1.165) is 36.1 Å². The van der Waals surface area contributed by atoms with E-state index in [9.17, 15) is 4.79 Å². The van der Waals surface area contributed by atoms with Crippen molar-refractivity contribution in [2.75, 3.05) is 37.6 Å². The summed E-state index contributed by atoms with van der Waals surface area (Å²) < 4.78 is 5.24. The number of ether oxygens (including phenoxy) is 1.